The maximum Gasteiger partial charge on any atom is 0.404 e. The van der Waals surface area contributed by atoms with Crippen molar-refractivity contribution in [2.75, 3.05) is 0 Å². The van der Waals surface area contributed by atoms with Gasteiger partial charge in [-0.15, -0.1) is 6.58 Å². The van der Waals surface area contributed by atoms with Crippen molar-refractivity contribution in [1.82, 2.24) is 10.3 Å². The highest BCUT2D eigenvalue weighted by atomic mass is 16.4. The molecule has 0 atom stereocenters. The third-order valence-electron chi connectivity index (χ3n) is 1.68. The molecule has 14 heavy (non-hydrogen) atoms. The number of amides is 1. The van der Waals surface area contributed by atoms with Gasteiger partial charge in [0.25, 0.3) is 0 Å². The molecule has 0 aliphatic carbocycles. The summed E-state index contributed by atoms with van der Waals surface area (Å²) >= 11 is 0. The molecular formula is C10H12N2O2. The van der Waals surface area contributed by atoms with Gasteiger partial charge in [0.15, 0.2) is 0 Å². The third kappa shape index (κ3) is 3.26. The fourth-order valence-electron chi connectivity index (χ4n) is 1.09. The van der Waals surface area contributed by atoms with E-state index in [1.165, 1.54) is 0 Å². The average Bonchev–Trinajstić information content (AvgIpc) is 2.16. The van der Waals surface area contributed by atoms with E-state index < -0.39 is 6.09 Å². The minimum absolute atomic E-state index is 0.285. The molecule has 4 nitrogen and oxygen atoms in total. The smallest absolute Gasteiger partial charge is 0.404 e. The zero-order chi connectivity index (χ0) is 10.4. The van der Waals surface area contributed by atoms with E-state index in [4.69, 9.17) is 5.11 Å². The second-order valence-electron chi connectivity index (χ2n) is 2.85. The quantitative estimate of drug-likeness (QED) is 0.712. The van der Waals surface area contributed by atoms with Crippen molar-refractivity contribution in [2.45, 2.75) is 13.0 Å². The summed E-state index contributed by atoms with van der Waals surface area (Å²) in [6.07, 6.45) is 4.88. The largest absolute Gasteiger partial charge is 0.465 e. The first kappa shape index (κ1) is 10.2. The molecule has 0 unspecified atom stereocenters. The lowest BCUT2D eigenvalue weighted by atomic mass is 10.1. The summed E-state index contributed by atoms with van der Waals surface area (Å²) in [4.78, 5) is 14.2. The molecule has 0 spiro atoms. The number of nitrogens with one attached hydrogen (secondary N) is 1. The molecule has 2 N–H and O–H groups in total. The molecule has 0 saturated carbocycles. The Bertz CT molecular complexity index is 337. The summed E-state index contributed by atoms with van der Waals surface area (Å²) in [5.41, 5.74) is 1.89. The Morgan fingerprint density at radius 3 is 2.93 bits per heavy atom. The first-order valence-corrected chi connectivity index (χ1v) is 4.23. The van der Waals surface area contributed by atoms with E-state index in [9.17, 15) is 4.79 Å². The number of hydrogen-bond donors (Lipinski definition) is 2. The Labute approximate surface area is 82.3 Å². The molecular weight excluding hydrogens is 180 g/mol. The number of carboxylic acid groups (broad SMARTS) is 1. The molecule has 1 rings (SSSR count). The molecule has 74 valence electrons. The molecule has 0 aromatic carbocycles. The van der Waals surface area contributed by atoms with Crippen LogP contribution in [0.1, 0.15) is 11.1 Å². The lowest BCUT2D eigenvalue weighted by molar-refractivity contribution is 0.194. The van der Waals surface area contributed by atoms with Gasteiger partial charge >= 0.3 is 6.09 Å². The highest BCUT2D eigenvalue weighted by molar-refractivity contribution is 5.64. The molecule has 0 fully saturated rings. The van der Waals surface area contributed by atoms with Crippen molar-refractivity contribution < 1.29 is 9.90 Å². The number of rotatable bonds is 4. The number of hydrogen-bond acceptors (Lipinski definition) is 2. The van der Waals surface area contributed by atoms with Gasteiger partial charge in [-0.3, -0.25) is 4.98 Å². The van der Waals surface area contributed by atoms with Gasteiger partial charge in [-0.1, -0.05) is 12.1 Å². The summed E-state index contributed by atoms with van der Waals surface area (Å²) in [5.74, 6) is 0. The summed E-state index contributed by atoms with van der Waals surface area (Å²) in [6.45, 7) is 3.91. The van der Waals surface area contributed by atoms with Gasteiger partial charge in [-0.05, 0) is 17.5 Å². The van der Waals surface area contributed by atoms with Gasteiger partial charge in [-0.25, -0.2) is 4.79 Å². The van der Waals surface area contributed by atoms with E-state index in [1.807, 2.05) is 6.07 Å². The van der Waals surface area contributed by atoms with Crippen molar-refractivity contribution in [3.63, 3.8) is 0 Å². The predicted octanol–water partition coefficient (Wildman–Crippen LogP) is 1.58. The molecule has 0 radical (unpaired) electrons. The Balaban J connectivity index is 2.63. The predicted molar refractivity (Wildman–Crippen MR) is 53.0 cm³/mol. The zero-order valence-corrected chi connectivity index (χ0v) is 7.73. The molecule has 4 heteroatoms. The highest BCUT2D eigenvalue weighted by Crippen LogP contribution is 2.03. The van der Waals surface area contributed by atoms with E-state index in [0.717, 1.165) is 17.5 Å². The van der Waals surface area contributed by atoms with E-state index in [2.05, 4.69) is 16.9 Å². The van der Waals surface area contributed by atoms with Crippen LogP contribution in [0, 0.1) is 0 Å². The second-order valence-corrected chi connectivity index (χ2v) is 2.85. The lowest BCUT2D eigenvalue weighted by Crippen LogP contribution is -2.20. The molecule has 1 amide bonds. The second kappa shape index (κ2) is 5.01. The normalized spacial score (nSPS) is 9.43. The van der Waals surface area contributed by atoms with Crippen molar-refractivity contribution in [1.29, 1.82) is 0 Å². The summed E-state index contributed by atoms with van der Waals surface area (Å²) in [6, 6.07) is 1.91. The van der Waals surface area contributed by atoms with E-state index in [0.29, 0.717) is 0 Å². The molecule has 0 bridgehead atoms. The minimum Gasteiger partial charge on any atom is -0.465 e. The van der Waals surface area contributed by atoms with Crippen molar-refractivity contribution in [3.05, 3.63) is 42.2 Å². The number of carbonyl (C=O) groups is 1. The van der Waals surface area contributed by atoms with Gasteiger partial charge in [0.05, 0.1) is 0 Å². The number of nitrogens with zero attached hydrogens (tertiary/aromatic N) is 1. The van der Waals surface area contributed by atoms with Crippen molar-refractivity contribution in [3.8, 4) is 0 Å². The highest BCUT2D eigenvalue weighted by Gasteiger charge is 1.98. The first-order chi connectivity index (χ1) is 6.72. The van der Waals surface area contributed by atoms with Crippen molar-refractivity contribution >= 4 is 6.09 Å². The van der Waals surface area contributed by atoms with Gasteiger partial charge in [0.1, 0.15) is 0 Å². The Hall–Kier alpha value is -1.84. The monoisotopic (exact) mass is 192 g/mol. The molecule has 0 saturated heterocycles. The van der Waals surface area contributed by atoms with E-state index >= 15 is 0 Å². The lowest BCUT2D eigenvalue weighted by Gasteiger charge is -2.02. The number of allylic oxidation sites excluding steroid dienone is 1. The fourth-order valence-corrected chi connectivity index (χ4v) is 1.09. The average molecular weight is 192 g/mol. The van der Waals surface area contributed by atoms with Gasteiger partial charge < -0.3 is 10.4 Å². The van der Waals surface area contributed by atoms with Crippen LogP contribution in [0.5, 0.6) is 0 Å². The molecule has 1 aromatic rings. The Kier molecular flexibility index (Phi) is 3.67. The van der Waals surface area contributed by atoms with Crippen LogP contribution in [0.25, 0.3) is 0 Å². The van der Waals surface area contributed by atoms with Gasteiger partial charge in [0, 0.05) is 18.9 Å². The number of aromatic nitrogens is 1. The van der Waals surface area contributed by atoms with Crippen LogP contribution in [0.15, 0.2) is 31.1 Å². The summed E-state index contributed by atoms with van der Waals surface area (Å²) in [5, 5.41) is 10.7. The van der Waals surface area contributed by atoms with Crippen LogP contribution >= 0.6 is 0 Å². The standard InChI is InChI=1S/C10H12N2O2/c1-2-3-8-4-9(6-11-5-8)7-12-10(13)14/h2,4-6,12H,1,3,7H2,(H,13,14). The molecule has 1 heterocycles. The Morgan fingerprint density at radius 2 is 2.29 bits per heavy atom. The SMILES string of the molecule is C=CCc1cncc(CNC(=O)O)c1. The van der Waals surface area contributed by atoms with E-state index in [1.54, 1.807) is 18.5 Å². The topological polar surface area (TPSA) is 62.2 Å². The van der Waals surface area contributed by atoms with Crippen LogP contribution in [0.2, 0.25) is 0 Å². The molecule has 0 aliphatic heterocycles. The maximum atomic E-state index is 10.2. The molecule has 0 aliphatic rings. The minimum atomic E-state index is -1.03. The third-order valence-corrected chi connectivity index (χ3v) is 1.68. The maximum absolute atomic E-state index is 10.2. The van der Waals surface area contributed by atoms with Crippen LogP contribution in [0.4, 0.5) is 4.79 Å². The van der Waals surface area contributed by atoms with Crippen LogP contribution in [-0.2, 0) is 13.0 Å². The van der Waals surface area contributed by atoms with Crippen LogP contribution in [-0.4, -0.2) is 16.2 Å². The fraction of sp³-hybridized carbons (Fsp3) is 0.200. The van der Waals surface area contributed by atoms with Crippen molar-refractivity contribution in [2.24, 2.45) is 0 Å². The van der Waals surface area contributed by atoms with Gasteiger partial charge in [-0.2, -0.15) is 0 Å². The zero-order valence-electron chi connectivity index (χ0n) is 7.73. The first-order valence-electron chi connectivity index (χ1n) is 4.23. The van der Waals surface area contributed by atoms with Crippen LogP contribution in [0.3, 0.4) is 0 Å². The van der Waals surface area contributed by atoms with Crippen LogP contribution < -0.4 is 5.32 Å². The van der Waals surface area contributed by atoms with Gasteiger partial charge in [0.2, 0.25) is 0 Å². The number of pyridine rings is 1. The summed E-state index contributed by atoms with van der Waals surface area (Å²) in [7, 11) is 0. The Morgan fingerprint density at radius 1 is 1.57 bits per heavy atom. The summed E-state index contributed by atoms with van der Waals surface area (Å²) < 4.78 is 0. The van der Waals surface area contributed by atoms with E-state index in [-0.39, 0.29) is 6.54 Å². The molecule has 1 aromatic heterocycles.